The van der Waals surface area contributed by atoms with Gasteiger partial charge in [0.15, 0.2) is 0 Å². The average Bonchev–Trinajstić information content (AvgIpc) is 2.99. The Labute approximate surface area is 126 Å². The summed E-state index contributed by atoms with van der Waals surface area (Å²) < 4.78 is 17.6. The highest BCUT2D eigenvalue weighted by atomic mass is 32.2. The smallest absolute Gasteiger partial charge is 0.236 e. The second-order valence-electron chi connectivity index (χ2n) is 4.76. The minimum Gasteiger partial charge on any atom is -0.467 e. The number of hydrogen-bond acceptors (Lipinski definition) is 4. The molecule has 1 heterocycles. The lowest BCUT2D eigenvalue weighted by atomic mass is 10.2. The van der Waals surface area contributed by atoms with Gasteiger partial charge in [0.1, 0.15) is 11.0 Å². The molecule has 2 atom stereocenters. The Morgan fingerprint density at radius 1 is 1.43 bits per heavy atom. The van der Waals surface area contributed by atoms with Crippen molar-refractivity contribution >= 4 is 22.4 Å². The number of nitrogens with two attached hydrogens (primary N) is 1. The molecule has 2 unspecified atom stereocenters. The molecule has 3 N–H and O–H groups in total. The summed E-state index contributed by atoms with van der Waals surface area (Å²) in [6, 6.07) is 8.72. The number of hydrogen-bond donors (Lipinski definition) is 2. The number of carbonyl (C=O) groups excluding carboxylic acids is 1. The average molecular weight is 306 g/mol. The minimum atomic E-state index is -1.45. The highest BCUT2D eigenvalue weighted by molar-refractivity contribution is 7.86. The van der Waals surface area contributed by atoms with Gasteiger partial charge in [0.2, 0.25) is 5.91 Å². The molecule has 0 spiro atoms. The first kappa shape index (κ1) is 15.3. The lowest BCUT2D eigenvalue weighted by Crippen LogP contribution is -2.35. The molecular formula is C15H18N2O3S. The van der Waals surface area contributed by atoms with Crippen molar-refractivity contribution in [3.05, 3.63) is 47.9 Å². The van der Waals surface area contributed by atoms with Gasteiger partial charge < -0.3 is 15.5 Å². The molecule has 0 radical (unpaired) electrons. The van der Waals surface area contributed by atoms with Crippen molar-refractivity contribution < 1.29 is 13.4 Å². The van der Waals surface area contributed by atoms with Crippen molar-refractivity contribution in [3.8, 4) is 0 Å². The molecular weight excluding hydrogens is 288 g/mol. The Bertz CT molecular complexity index is 653. The third kappa shape index (κ3) is 3.72. The van der Waals surface area contributed by atoms with Gasteiger partial charge in [-0.1, -0.05) is 6.07 Å². The summed E-state index contributed by atoms with van der Waals surface area (Å²) in [6.45, 7) is 3.76. The lowest BCUT2D eigenvalue weighted by molar-refractivity contribution is -0.120. The maximum atomic E-state index is 12.5. The second-order valence-corrected chi connectivity index (χ2v) is 6.50. The van der Waals surface area contributed by atoms with E-state index < -0.39 is 16.0 Å². The van der Waals surface area contributed by atoms with Gasteiger partial charge in [0.25, 0.3) is 0 Å². The lowest BCUT2D eigenvalue weighted by Gasteiger charge is -2.13. The first-order valence-corrected chi connectivity index (χ1v) is 7.77. The predicted octanol–water partition coefficient (Wildman–Crippen LogP) is 1.98. The molecule has 2 rings (SSSR count). The van der Waals surface area contributed by atoms with Crippen molar-refractivity contribution in [2.24, 2.45) is 0 Å². The van der Waals surface area contributed by atoms with E-state index in [4.69, 9.17) is 10.2 Å². The molecule has 0 saturated heterocycles. The first-order chi connectivity index (χ1) is 9.99. The molecule has 0 fully saturated rings. The number of nitrogens with one attached hydrogen (secondary N) is 1. The number of anilines is 1. The van der Waals surface area contributed by atoms with Gasteiger partial charge >= 0.3 is 0 Å². The number of nitrogen functional groups attached to an aromatic ring is 1. The van der Waals surface area contributed by atoms with Crippen LogP contribution in [0.2, 0.25) is 0 Å². The summed E-state index contributed by atoms with van der Waals surface area (Å²) in [5.41, 5.74) is 7.11. The van der Waals surface area contributed by atoms with E-state index in [1.165, 1.54) is 0 Å². The Balaban J connectivity index is 2.04. The minimum absolute atomic E-state index is 0.281. The van der Waals surface area contributed by atoms with Crippen molar-refractivity contribution in [1.29, 1.82) is 0 Å². The number of amides is 1. The standard InChI is InChI=1S/C15H18N2O3S/c1-10-5-6-12(16)8-14(10)21(19)11(2)15(18)17-9-13-4-3-7-20-13/h3-8,11H,9,16H2,1-2H3,(H,17,18). The van der Waals surface area contributed by atoms with E-state index in [0.717, 1.165) is 5.56 Å². The molecule has 2 aromatic rings. The van der Waals surface area contributed by atoms with E-state index in [1.54, 1.807) is 43.5 Å². The molecule has 0 aliphatic heterocycles. The van der Waals surface area contributed by atoms with Crippen LogP contribution >= 0.6 is 0 Å². The maximum absolute atomic E-state index is 12.5. The van der Waals surface area contributed by atoms with Crippen LogP contribution in [0.15, 0.2) is 45.9 Å². The molecule has 1 aromatic heterocycles. The summed E-state index contributed by atoms with van der Waals surface area (Å²) in [5, 5.41) is 2.05. The Morgan fingerprint density at radius 2 is 2.19 bits per heavy atom. The van der Waals surface area contributed by atoms with Crippen LogP contribution in [-0.2, 0) is 22.1 Å². The zero-order chi connectivity index (χ0) is 15.4. The van der Waals surface area contributed by atoms with Gasteiger partial charge in [-0.05, 0) is 43.7 Å². The van der Waals surface area contributed by atoms with Crippen molar-refractivity contribution in [1.82, 2.24) is 5.32 Å². The van der Waals surface area contributed by atoms with Gasteiger partial charge in [-0.3, -0.25) is 9.00 Å². The van der Waals surface area contributed by atoms with Crippen LogP contribution in [0, 0.1) is 6.92 Å². The zero-order valence-electron chi connectivity index (χ0n) is 12.0. The highest BCUT2D eigenvalue weighted by Gasteiger charge is 2.22. The van der Waals surface area contributed by atoms with Crippen LogP contribution in [0.4, 0.5) is 5.69 Å². The van der Waals surface area contributed by atoms with E-state index in [2.05, 4.69) is 5.32 Å². The third-order valence-corrected chi connectivity index (χ3v) is 4.87. The molecule has 1 aromatic carbocycles. The van der Waals surface area contributed by atoms with Crippen LogP contribution in [-0.4, -0.2) is 15.4 Å². The monoisotopic (exact) mass is 306 g/mol. The number of aryl methyl sites for hydroxylation is 1. The molecule has 112 valence electrons. The molecule has 1 amide bonds. The van der Waals surface area contributed by atoms with E-state index >= 15 is 0 Å². The number of carbonyl (C=O) groups is 1. The quantitative estimate of drug-likeness (QED) is 0.827. The van der Waals surface area contributed by atoms with Gasteiger partial charge in [-0.2, -0.15) is 0 Å². The van der Waals surface area contributed by atoms with Crippen molar-refractivity contribution in [3.63, 3.8) is 0 Å². The first-order valence-electron chi connectivity index (χ1n) is 6.56. The van der Waals surface area contributed by atoms with Crippen LogP contribution in [0.1, 0.15) is 18.2 Å². The maximum Gasteiger partial charge on any atom is 0.236 e. The topological polar surface area (TPSA) is 85.3 Å². The molecule has 0 aliphatic carbocycles. The van der Waals surface area contributed by atoms with Gasteiger partial charge in [0.05, 0.1) is 23.6 Å². The van der Waals surface area contributed by atoms with E-state index in [-0.39, 0.29) is 12.5 Å². The summed E-state index contributed by atoms with van der Waals surface area (Å²) in [7, 11) is -1.45. The van der Waals surface area contributed by atoms with Crippen LogP contribution in [0.5, 0.6) is 0 Å². The fourth-order valence-electron chi connectivity index (χ4n) is 1.85. The van der Waals surface area contributed by atoms with Crippen LogP contribution in [0.3, 0.4) is 0 Å². The van der Waals surface area contributed by atoms with Gasteiger partial charge in [0, 0.05) is 10.6 Å². The summed E-state index contributed by atoms with van der Waals surface area (Å²) >= 11 is 0. The Morgan fingerprint density at radius 3 is 2.86 bits per heavy atom. The largest absolute Gasteiger partial charge is 0.467 e. The second kappa shape index (κ2) is 6.58. The molecule has 0 bridgehead atoms. The van der Waals surface area contributed by atoms with Gasteiger partial charge in [-0.25, -0.2) is 0 Å². The fraction of sp³-hybridized carbons (Fsp3) is 0.267. The third-order valence-electron chi connectivity index (χ3n) is 3.14. The van der Waals surface area contributed by atoms with E-state index in [9.17, 15) is 9.00 Å². The molecule has 0 aliphatic rings. The van der Waals surface area contributed by atoms with E-state index in [0.29, 0.717) is 16.3 Å². The molecule has 21 heavy (non-hydrogen) atoms. The molecule has 0 saturated carbocycles. The van der Waals surface area contributed by atoms with Gasteiger partial charge in [-0.15, -0.1) is 0 Å². The molecule has 6 heteroatoms. The number of furan rings is 1. The number of benzene rings is 1. The van der Waals surface area contributed by atoms with E-state index in [1.807, 2.05) is 6.92 Å². The fourth-order valence-corrected chi connectivity index (χ4v) is 3.15. The summed E-state index contributed by atoms with van der Waals surface area (Å²) in [5.74, 6) is 0.369. The Kier molecular flexibility index (Phi) is 4.80. The molecule has 5 nitrogen and oxygen atoms in total. The normalized spacial score (nSPS) is 13.6. The van der Waals surface area contributed by atoms with Crippen LogP contribution in [0.25, 0.3) is 0 Å². The van der Waals surface area contributed by atoms with Crippen LogP contribution < -0.4 is 11.1 Å². The summed E-state index contributed by atoms with van der Waals surface area (Å²) in [6.07, 6.45) is 1.54. The SMILES string of the molecule is Cc1ccc(N)cc1S(=O)C(C)C(=O)NCc1ccco1. The van der Waals surface area contributed by atoms with Crippen molar-refractivity contribution in [2.45, 2.75) is 30.5 Å². The highest BCUT2D eigenvalue weighted by Crippen LogP contribution is 2.19. The Hall–Kier alpha value is -2.08. The summed E-state index contributed by atoms with van der Waals surface area (Å²) in [4.78, 5) is 12.7. The van der Waals surface area contributed by atoms with Crippen molar-refractivity contribution in [2.75, 3.05) is 5.73 Å². The zero-order valence-corrected chi connectivity index (χ0v) is 12.8. The predicted molar refractivity (Wildman–Crippen MR) is 82.0 cm³/mol. The number of rotatable bonds is 5.